The van der Waals surface area contributed by atoms with E-state index in [9.17, 15) is 14.8 Å². The van der Waals surface area contributed by atoms with E-state index in [0.29, 0.717) is 56.5 Å². The predicted octanol–water partition coefficient (Wildman–Crippen LogP) is 6.87. The number of nitrogens with two attached hydrogens (primary N) is 1. The molecule has 48 heavy (non-hydrogen) atoms. The number of aliphatic hydroxyl groups excluding tert-OH is 1. The average molecular weight is 697 g/mol. The van der Waals surface area contributed by atoms with Gasteiger partial charge in [0, 0.05) is 24.0 Å². The van der Waals surface area contributed by atoms with Crippen LogP contribution in [0.15, 0.2) is 24.0 Å². The molecule has 5 heterocycles. The molecule has 2 saturated heterocycles. The first-order valence-electron chi connectivity index (χ1n) is 16.1. The lowest BCUT2D eigenvalue weighted by Crippen LogP contribution is -2.44. The molecule has 3 fully saturated rings. The maximum absolute atomic E-state index is 17.2. The van der Waals surface area contributed by atoms with Crippen LogP contribution >= 0.6 is 22.9 Å². The van der Waals surface area contributed by atoms with Gasteiger partial charge in [-0.2, -0.15) is 15.2 Å². The summed E-state index contributed by atoms with van der Waals surface area (Å²) in [6, 6.07) is 4.25. The Kier molecular flexibility index (Phi) is 7.82. The molecule has 4 aliphatic rings. The van der Waals surface area contributed by atoms with Crippen molar-refractivity contribution in [1.82, 2.24) is 14.9 Å². The Morgan fingerprint density at radius 1 is 1.21 bits per heavy atom. The van der Waals surface area contributed by atoms with Crippen molar-refractivity contribution in [2.45, 2.75) is 62.6 Å². The molecule has 4 aromatic rings. The van der Waals surface area contributed by atoms with Crippen LogP contribution in [0.3, 0.4) is 0 Å². The Bertz CT molecular complexity index is 2050. The van der Waals surface area contributed by atoms with E-state index in [1.165, 1.54) is 12.1 Å². The van der Waals surface area contributed by atoms with E-state index in [4.69, 9.17) is 31.8 Å². The SMILES string of the molecule is N#Cc1c(N)sc2c(F)ccc(-c3c(Cl)c4c5c(nc(OC[C@@]67CCCN6C/C(=C\F)C7)nc5c3F)N(C3CCCC3O)CCCO4)c12. The molecule has 1 saturated carbocycles. The fraction of sp³-hybridized carbons (Fsp3) is 0.441. The summed E-state index contributed by atoms with van der Waals surface area (Å²) in [6.07, 6.45) is 5.06. The van der Waals surface area contributed by atoms with E-state index >= 15 is 8.78 Å². The number of nitrogens with zero attached hydrogens (tertiary/aromatic N) is 5. The van der Waals surface area contributed by atoms with E-state index in [-0.39, 0.29) is 78.7 Å². The Hall–Kier alpha value is -3.83. The summed E-state index contributed by atoms with van der Waals surface area (Å²) in [5.41, 5.74) is 6.33. The van der Waals surface area contributed by atoms with Crippen LogP contribution in [0.25, 0.3) is 32.1 Å². The second kappa shape index (κ2) is 11.9. The number of thiophene rings is 1. The maximum atomic E-state index is 17.2. The summed E-state index contributed by atoms with van der Waals surface area (Å²) in [6.45, 7) is 2.24. The summed E-state index contributed by atoms with van der Waals surface area (Å²) in [5.74, 6) is -0.940. The van der Waals surface area contributed by atoms with Crippen LogP contribution in [0.2, 0.25) is 5.02 Å². The number of hydrogen-bond acceptors (Lipinski definition) is 10. The van der Waals surface area contributed by atoms with Gasteiger partial charge in [0.2, 0.25) is 0 Å². The number of fused-ring (bicyclic) bond motifs is 2. The topological polar surface area (TPSA) is 121 Å². The first-order valence-corrected chi connectivity index (χ1v) is 17.3. The highest BCUT2D eigenvalue weighted by Gasteiger charge is 2.47. The first kappa shape index (κ1) is 31.4. The van der Waals surface area contributed by atoms with E-state index in [1.54, 1.807) is 0 Å². The Morgan fingerprint density at radius 3 is 2.83 bits per heavy atom. The molecule has 0 bridgehead atoms. The van der Waals surface area contributed by atoms with Crippen LogP contribution in [0.4, 0.5) is 24.0 Å². The number of halogens is 4. The number of aromatic nitrogens is 2. The summed E-state index contributed by atoms with van der Waals surface area (Å²) in [4.78, 5) is 13.6. The van der Waals surface area contributed by atoms with Gasteiger partial charge < -0.3 is 25.2 Å². The quantitative estimate of drug-likeness (QED) is 0.230. The molecule has 9 nitrogen and oxygen atoms in total. The lowest BCUT2D eigenvalue weighted by atomic mass is 9.94. The molecule has 14 heteroatoms. The number of benzene rings is 2. The third kappa shape index (κ3) is 4.79. The Balaban J connectivity index is 1.35. The van der Waals surface area contributed by atoms with Crippen molar-refractivity contribution in [2.75, 3.05) is 43.5 Å². The van der Waals surface area contributed by atoms with Crippen molar-refractivity contribution in [1.29, 1.82) is 5.26 Å². The molecular weight excluding hydrogens is 665 g/mol. The number of nitrogen functional groups attached to an aromatic ring is 1. The highest BCUT2D eigenvalue weighted by atomic mass is 35.5. The molecule has 3 atom stereocenters. The number of rotatable bonds is 5. The zero-order chi connectivity index (χ0) is 33.3. The predicted molar refractivity (Wildman–Crippen MR) is 178 cm³/mol. The molecule has 8 rings (SSSR count). The Labute approximate surface area is 283 Å². The minimum absolute atomic E-state index is 0.0241. The smallest absolute Gasteiger partial charge is 0.319 e. The normalized spacial score (nSPS) is 25.0. The number of nitriles is 1. The molecule has 3 N–H and O–H groups in total. The Morgan fingerprint density at radius 2 is 2.06 bits per heavy atom. The number of ether oxygens (including phenoxy) is 2. The minimum atomic E-state index is -0.825. The second-order valence-electron chi connectivity index (χ2n) is 13.1. The van der Waals surface area contributed by atoms with Crippen molar-refractivity contribution >= 4 is 54.7 Å². The van der Waals surface area contributed by atoms with E-state index < -0.39 is 23.3 Å². The highest BCUT2D eigenvalue weighted by molar-refractivity contribution is 7.23. The fourth-order valence-corrected chi connectivity index (χ4v) is 9.44. The van der Waals surface area contributed by atoms with Gasteiger partial charge in [-0.05, 0) is 68.7 Å². The molecule has 3 aliphatic heterocycles. The number of hydrogen-bond donors (Lipinski definition) is 2. The minimum Gasteiger partial charge on any atom is -0.491 e. The van der Waals surface area contributed by atoms with Crippen LogP contribution in [0, 0.1) is 23.0 Å². The maximum Gasteiger partial charge on any atom is 0.319 e. The molecular formula is C34H32ClF3N6O3S. The van der Waals surface area contributed by atoms with Gasteiger partial charge in [0.25, 0.3) is 0 Å². The van der Waals surface area contributed by atoms with Crippen molar-refractivity contribution in [3.63, 3.8) is 0 Å². The van der Waals surface area contributed by atoms with Crippen molar-refractivity contribution < 1.29 is 27.8 Å². The van der Waals surface area contributed by atoms with Crippen molar-refractivity contribution in [3.05, 3.63) is 46.3 Å². The van der Waals surface area contributed by atoms with Crippen LogP contribution < -0.4 is 20.1 Å². The van der Waals surface area contributed by atoms with Crippen molar-refractivity contribution in [3.8, 4) is 29.0 Å². The van der Waals surface area contributed by atoms with Gasteiger partial charge in [-0.25, -0.2) is 13.2 Å². The molecule has 0 amide bonds. The zero-order valence-corrected chi connectivity index (χ0v) is 27.4. The second-order valence-corrected chi connectivity index (χ2v) is 14.5. The van der Waals surface area contributed by atoms with Gasteiger partial charge in [-0.1, -0.05) is 17.7 Å². The van der Waals surface area contributed by atoms with Gasteiger partial charge >= 0.3 is 6.01 Å². The van der Waals surface area contributed by atoms with E-state index in [0.717, 1.165) is 37.1 Å². The summed E-state index contributed by atoms with van der Waals surface area (Å²) in [7, 11) is 0. The zero-order valence-electron chi connectivity index (χ0n) is 25.9. The van der Waals surface area contributed by atoms with Crippen molar-refractivity contribution in [2.24, 2.45) is 0 Å². The number of anilines is 2. The van der Waals surface area contributed by atoms with Gasteiger partial charge in [-0.15, -0.1) is 11.3 Å². The van der Waals surface area contributed by atoms with Gasteiger partial charge in [0.05, 0.1) is 51.3 Å². The van der Waals surface area contributed by atoms with Gasteiger partial charge in [0.1, 0.15) is 34.8 Å². The molecule has 2 aromatic heterocycles. The summed E-state index contributed by atoms with van der Waals surface area (Å²) in [5, 5.41) is 21.3. The first-order chi connectivity index (χ1) is 23.2. The van der Waals surface area contributed by atoms with Crippen LogP contribution in [-0.2, 0) is 0 Å². The third-order valence-electron chi connectivity index (χ3n) is 10.4. The number of aliphatic hydroxyl groups is 1. The highest BCUT2D eigenvalue weighted by Crippen LogP contribution is 2.51. The molecule has 0 radical (unpaired) electrons. The van der Waals surface area contributed by atoms with E-state index in [1.807, 2.05) is 11.0 Å². The molecule has 2 aromatic carbocycles. The van der Waals surface area contributed by atoms with Crippen LogP contribution in [0.5, 0.6) is 11.8 Å². The average Bonchev–Trinajstić information content (AvgIpc) is 3.83. The monoisotopic (exact) mass is 696 g/mol. The standard InChI is InChI=1S/C34H32ClF3N6O3S/c35-26-24(18-6-7-20(37)30-23(18)19(14-39)31(40)48-30)27(38)28-25-29(26)46-11-3-10-44(21-4-1-5-22(21)45)32(25)42-33(41-28)47-16-34-8-2-9-43(34)15-17(12-34)13-36/h6-7,13,21-22,45H,1-5,8-12,15-16,40H2/b17-13-/t21?,22?,34-/m0/s1. The third-order valence-corrected chi connectivity index (χ3v) is 11.8. The van der Waals surface area contributed by atoms with Crippen LogP contribution in [-0.4, -0.2) is 70.5 Å². The lowest BCUT2D eigenvalue weighted by Gasteiger charge is -2.35. The molecule has 2 unspecified atom stereocenters. The molecule has 0 spiro atoms. The van der Waals surface area contributed by atoms with E-state index in [2.05, 4.69) is 9.88 Å². The van der Waals surface area contributed by atoms with Gasteiger partial charge in [0.15, 0.2) is 11.6 Å². The van der Waals surface area contributed by atoms with Crippen LogP contribution in [0.1, 0.15) is 50.5 Å². The lowest BCUT2D eigenvalue weighted by molar-refractivity contribution is 0.107. The van der Waals surface area contributed by atoms with Gasteiger partial charge in [-0.3, -0.25) is 4.90 Å². The fourth-order valence-electron chi connectivity index (χ4n) is 8.16. The molecule has 1 aliphatic carbocycles. The summed E-state index contributed by atoms with van der Waals surface area (Å²) < 4.78 is 58.5. The largest absolute Gasteiger partial charge is 0.491 e. The summed E-state index contributed by atoms with van der Waals surface area (Å²) >= 11 is 7.95. The molecule has 250 valence electrons.